The van der Waals surface area contributed by atoms with Crippen LogP contribution in [0.15, 0.2) is 104 Å². The minimum Gasteiger partial charge on any atom is -0.691 e. The number of hydrogen-bond acceptors (Lipinski definition) is 9. The third-order valence-corrected chi connectivity index (χ3v) is 5.04. The van der Waals surface area contributed by atoms with Crippen molar-refractivity contribution in [2.24, 2.45) is 20.5 Å². The largest absolute Gasteiger partial charge is 1.00 e. The van der Waals surface area contributed by atoms with E-state index in [4.69, 9.17) is 0 Å². The van der Waals surface area contributed by atoms with Crippen molar-refractivity contribution in [3.8, 4) is 0 Å². The molecule has 0 atom stereocenters. The van der Waals surface area contributed by atoms with E-state index in [1.807, 2.05) is 24.3 Å². The third-order valence-electron chi connectivity index (χ3n) is 4.45. The number of azo groups is 2. The number of nitrogens with one attached hydrogen (secondary N) is 1. The number of anilines is 1. The second-order valence-electron chi connectivity index (χ2n) is 6.50. The molecule has 0 unspecified atom stereocenters. The minimum atomic E-state index is 0. The minimum absolute atomic E-state index is 0. The average molecular weight is 471 g/mol. The number of carbonyl (C=O) groups is 1. The van der Waals surface area contributed by atoms with E-state index in [0.29, 0.717) is 39.7 Å². The number of hydrogen-bond donors (Lipinski definition) is 1. The molecule has 4 aromatic carbocycles. The van der Waals surface area contributed by atoms with E-state index in [0.717, 1.165) is 22.8 Å². The molecule has 0 aliphatic heterocycles. The predicted molar refractivity (Wildman–Crippen MR) is 122 cm³/mol. The molecule has 4 rings (SSSR count). The van der Waals surface area contributed by atoms with Crippen LogP contribution < -0.4 is 48.3 Å². The molecule has 0 fully saturated rings. The van der Waals surface area contributed by atoms with Crippen LogP contribution in [-0.2, 0) is 14.2 Å². The van der Waals surface area contributed by atoms with E-state index in [1.165, 1.54) is 0 Å². The Morgan fingerprint density at radius 2 is 1.40 bits per heavy atom. The van der Waals surface area contributed by atoms with Gasteiger partial charge in [-0.05, 0) is 60.7 Å². The Bertz CT molecular complexity index is 1310. The molecule has 164 valence electrons. The van der Waals surface area contributed by atoms with E-state index in [2.05, 4.69) is 41.2 Å². The van der Waals surface area contributed by atoms with Crippen molar-refractivity contribution in [1.29, 1.82) is 0 Å². The Kier molecular flexibility index (Phi) is 11.9. The van der Waals surface area contributed by atoms with Gasteiger partial charge in [0.25, 0.3) is 0 Å². The Morgan fingerprint density at radius 3 is 2.00 bits per heavy atom. The summed E-state index contributed by atoms with van der Waals surface area (Å²) in [5.41, 5.74) is 3.30. The van der Waals surface area contributed by atoms with Gasteiger partial charge in [-0.15, -0.1) is 0 Å². The number of carbonyl (C=O) groups excluding carboxylic acids is 1. The summed E-state index contributed by atoms with van der Waals surface area (Å²) < 4.78 is 4.28. The zero-order chi connectivity index (χ0) is 22.9. The predicted octanol–water partition coefficient (Wildman–Crippen LogP) is 0.278. The quantitative estimate of drug-likeness (QED) is 0.0715. The molecule has 0 radical (unpaired) electrons. The molecule has 9 nitrogen and oxygen atoms in total. The van der Waals surface area contributed by atoms with E-state index in [-0.39, 0.29) is 37.7 Å². The van der Waals surface area contributed by atoms with E-state index in [1.54, 1.807) is 54.6 Å². The van der Waals surface area contributed by atoms with Crippen molar-refractivity contribution in [3.63, 3.8) is 0 Å². The first kappa shape index (κ1) is 28.5. The van der Waals surface area contributed by atoms with Gasteiger partial charge in [-0.3, -0.25) is 9.83 Å². The smallest absolute Gasteiger partial charge is 0.691 e. The maximum absolute atomic E-state index is 10.5. The molecule has 0 saturated heterocycles. The first-order valence-electron chi connectivity index (χ1n) is 9.56. The average Bonchev–Trinajstić information content (AvgIpc) is 2.87. The van der Waals surface area contributed by atoms with Gasteiger partial charge in [-0.1, -0.05) is 10.8 Å². The van der Waals surface area contributed by atoms with Gasteiger partial charge < -0.3 is 10.6 Å². The molecule has 0 heterocycles. The number of nitrogens with zero attached hydrogens (tertiary/aromatic N) is 4. The SMILES string of the molecule is O=CNc1ccc(N=Nc2ccc(N=Nc3ccc(SOO[O-])cc3)c3c[c-]ccc23)cc1.[Li+].[Li+]. The van der Waals surface area contributed by atoms with Crippen molar-refractivity contribution in [3.05, 3.63) is 84.9 Å². The maximum Gasteiger partial charge on any atom is 1.00 e. The van der Waals surface area contributed by atoms with Gasteiger partial charge in [0.15, 0.2) is 0 Å². The topological polar surface area (TPSA) is 120 Å². The summed E-state index contributed by atoms with van der Waals surface area (Å²) >= 11 is 0.805. The summed E-state index contributed by atoms with van der Waals surface area (Å²) in [6.45, 7) is 0. The first-order valence-corrected chi connectivity index (χ1v) is 10.3. The molecule has 4 aromatic rings. The Morgan fingerprint density at radius 1 is 0.800 bits per heavy atom. The molecule has 0 bridgehead atoms. The van der Waals surface area contributed by atoms with E-state index in [9.17, 15) is 10.1 Å². The first-order chi connectivity index (χ1) is 16.3. The van der Waals surface area contributed by atoms with Crippen LogP contribution >= 0.6 is 12.0 Å². The fraction of sp³-hybridized carbons (Fsp3) is 0. The van der Waals surface area contributed by atoms with Crippen LogP contribution in [0.1, 0.15) is 0 Å². The van der Waals surface area contributed by atoms with E-state index < -0.39 is 0 Å². The number of fused-ring (bicyclic) bond motifs is 1. The van der Waals surface area contributed by atoms with Gasteiger partial charge in [0.2, 0.25) is 6.41 Å². The number of amides is 1. The zero-order valence-electron chi connectivity index (χ0n) is 18.9. The van der Waals surface area contributed by atoms with Gasteiger partial charge in [0.05, 0.1) is 29.1 Å². The van der Waals surface area contributed by atoms with Crippen molar-refractivity contribution in [2.75, 3.05) is 5.32 Å². The fourth-order valence-corrected chi connectivity index (χ4v) is 3.27. The summed E-state index contributed by atoms with van der Waals surface area (Å²) in [6.07, 6.45) is 0.619. The van der Waals surface area contributed by atoms with Crippen molar-refractivity contribution in [1.82, 2.24) is 0 Å². The molecular weight excluding hydrogens is 456 g/mol. The molecule has 12 heteroatoms. The summed E-state index contributed by atoms with van der Waals surface area (Å²) in [5.74, 6) is 0. The number of rotatable bonds is 9. The molecule has 1 amide bonds. The van der Waals surface area contributed by atoms with Gasteiger partial charge in [0.1, 0.15) is 0 Å². The van der Waals surface area contributed by atoms with Crippen LogP contribution in [0.25, 0.3) is 10.8 Å². The second-order valence-corrected chi connectivity index (χ2v) is 7.27. The van der Waals surface area contributed by atoms with Crippen LogP contribution in [-0.4, -0.2) is 6.41 Å². The monoisotopic (exact) mass is 471 g/mol. The molecule has 0 aliphatic carbocycles. The van der Waals surface area contributed by atoms with E-state index >= 15 is 0 Å². The molecule has 0 spiro atoms. The van der Waals surface area contributed by atoms with Gasteiger partial charge in [-0.25, -0.2) is 0 Å². The van der Waals surface area contributed by atoms with Gasteiger partial charge in [-0.2, -0.15) is 49.1 Å². The van der Waals surface area contributed by atoms with Crippen LogP contribution in [0.2, 0.25) is 0 Å². The maximum atomic E-state index is 10.5. The summed E-state index contributed by atoms with van der Waals surface area (Å²) in [4.78, 5) is 11.2. The molecule has 0 aromatic heterocycles. The zero-order valence-corrected chi connectivity index (χ0v) is 19.7. The number of benzene rings is 4. The molecule has 1 N–H and O–H groups in total. The standard InChI is InChI=1S/C23H16N5O4S.2Li/c29-15-24-16-5-7-17(8-6-16)25-27-22-13-14-23(21-4-2-1-3-20(21)22)28-26-18-9-11-19(12-10-18)33-32-31-30;;/h1,3-15,30H,(H,24,29);;/q-1;2*+1/p-1. The van der Waals surface area contributed by atoms with Gasteiger partial charge in [0, 0.05) is 16.3 Å². The Hall–Kier alpha value is -2.77. The molecule has 35 heavy (non-hydrogen) atoms. The molecular formula is C23H15Li2N5O4S. The van der Waals surface area contributed by atoms with Crippen LogP contribution in [0, 0.1) is 6.07 Å². The summed E-state index contributed by atoms with van der Waals surface area (Å²) in [6, 6.07) is 26.2. The van der Waals surface area contributed by atoms with Crippen LogP contribution in [0.5, 0.6) is 0 Å². The molecule has 0 aliphatic rings. The summed E-state index contributed by atoms with van der Waals surface area (Å²) in [5, 5.41) is 34.8. The Labute approximate surface area is 229 Å². The van der Waals surface area contributed by atoms with Crippen molar-refractivity contribution in [2.45, 2.75) is 4.90 Å². The van der Waals surface area contributed by atoms with Crippen LogP contribution in [0.3, 0.4) is 0 Å². The fourth-order valence-electron chi connectivity index (χ4n) is 2.91. The normalized spacial score (nSPS) is 10.8. The summed E-state index contributed by atoms with van der Waals surface area (Å²) in [7, 11) is 0. The van der Waals surface area contributed by atoms with Gasteiger partial charge >= 0.3 is 37.7 Å². The van der Waals surface area contributed by atoms with Crippen molar-refractivity contribution >= 4 is 57.7 Å². The Balaban J connectivity index is 0.00000216. The van der Waals surface area contributed by atoms with Crippen LogP contribution in [0.4, 0.5) is 28.4 Å². The van der Waals surface area contributed by atoms with Crippen molar-refractivity contribution < 1.29 is 57.1 Å². The molecule has 0 saturated carbocycles. The third kappa shape index (κ3) is 7.87. The second kappa shape index (κ2) is 14.6.